The van der Waals surface area contributed by atoms with Gasteiger partial charge in [0.2, 0.25) is 0 Å². The zero-order valence-electron chi connectivity index (χ0n) is 17.8. The largest absolute Gasteiger partial charge is 0.331 e. The Hall–Kier alpha value is -2.83. The average Bonchev–Trinajstić information content (AvgIpc) is 3.37. The van der Waals surface area contributed by atoms with Crippen molar-refractivity contribution in [3.8, 4) is 5.69 Å². The van der Waals surface area contributed by atoms with E-state index in [9.17, 15) is 9.59 Å². The van der Waals surface area contributed by atoms with E-state index in [0.717, 1.165) is 23.4 Å². The predicted octanol–water partition coefficient (Wildman–Crippen LogP) is 3.09. The Bertz CT molecular complexity index is 934. The fraction of sp³-hybridized carbons (Fsp3) is 0.500. The molecule has 3 amide bonds. The number of hydrogen-bond acceptors (Lipinski definition) is 3. The van der Waals surface area contributed by atoms with Gasteiger partial charge in [-0.15, -0.1) is 0 Å². The molecule has 2 atom stereocenters. The van der Waals surface area contributed by atoms with Crippen LogP contribution in [0.1, 0.15) is 48.1 Å². The lowest BCUT2D eigenvalue weighted by Gasteiger charge is -2.34. The highest BCUT2D eigenvalue weighted by atomic mass is 16.2. The van der Waals surface area contributed by atoms with Gasteiger partial charge in [0.1, 0.15) is 5.69 Å². The van der Waals surface area contributed by atoms with Gasteiger partial charge in [0.15, 0.2) is 0 Å². The highest BCUT2D eigenvalue weighted by molar-refractivity contribution is 5.99. The van der Waals surface area contributed by atoms with Crippen molar-refractivity contribution in [2.24, 2.45) is 5.92 Å². The van der Waals surface area contributed by atoms with E-state index in [0.29, 0.717) is 18.8 Å². The number of fused-ring (bicyclic) bond motifs is 1. The Morgan fingerprint density at radius 2 is 1.90 bits per heavy atom. The lowest BCUT2D eigenvalue weighted by Crippen LogP contribution is -2.44. The van der Waals surface area contributed by atoms with Crippen LogP contribution in [-0.2, 0) is 0 Å². The highest BCUT2D eigenvalue weighted by Crippen LogP contribution is 2.43. The second-order valence-electron chi connectivity index (χ2n) is 8.56. The Balaban J connectivity index is 1.72. The summed E-state index contributed by atoms with van der Waals surface area (Å²) in [7, 11) is 3.53. The fourth-order valence-corrected chi connectivity index (χ4v) is 4.72. The Morgan fingerprint density at radius 1 is 1.21 bits per heavy atom. The molecule has 1 saturated heterocycles. The van der Waals surface area contributed by atoms with E-state index >= 15 is 0 Å². The number of carbonyl (C=O) groups is 2. The third kappa shape index (κ3) is 3.09. The van der Waals surface area contributed by atoms with Crippen LogP contribution < -0.4 is 0 Å². The minimum atomic E-state index is -0.0191. The van der Waals surface area contributed by atoms with Gasteiger partial charge in [0.25, 0.3) is 5.91 Å². The van der Waals surface area contributed by atoms with Gasteiger partial charge in [-0.3, -0.25) is 4.79 Å². The van der Waals surface area contributed by atoms with Crippen molar-refractivity contribution in [2.45, 2.75) is 39.3 Å². The van der Waals surface area contributed by atoms with Crippen molar-refractivity contribution in [3.05, 3.63) is 47.3 Å². The number of amides is 3. The van der Waals surface area contributed by atoms with Gasteiger partial charge in [-0.05, 0) is 31.4 Å². The topological polar surface area (TPSA) is 61.7 Å². The van der Waals surface area contributed by atoms with Crippen LogP contribution in [0.5, 0.6) is 0 Å². The highest BCUT2D eigenvalue weighted by Gasteiger charge is 2.48. The van der Waals surface area contributed by atoms with Crippen LogP contribution in [0.2, 0.25) is 0 Å². The molecule has 2 aliphatic heterocycles. The molecule has 7 nitrogen and oxygen atoms in total. The summed E-state index contributed by atoms with van der Waals surface area (Å²) in [5, 5.41) is 4.71. The van der Waals surface area contributed by atoms with Crippen LogP contribution in [-0.4, -0.2) is 69.6 Å². The zero-order valence-corrected chi connectivity index (χ0v) is 17.8. The van der Waals surface area contributed by atoms with E-state index in [1.54, 1.807) is 23.7 Å². The monoisotopic (exact) mass is 395 g/mol. The SMILES string of the molecule is Cc1nn(-c2ccccc2)c2c1C(C(C)C)N(C1CCN(C(=O)N(C)C)C1)C2=O. The maximum absolute atomic E-state index is 13.7. The van der Waals surface area contributed by atoms with Crippen LogP contribution in [0.25, 0.3) is 5.69 Å². The number of para-hydroxylation sites is 1. The fourth-order valence-electron chi connectivity index (χ4n) is 4.72. The smallest absolute Gasteiger partial charge is 0.319 e. The molecule has 1 fully saturated rings. The minimum absolute atomic E-state index is 0.00407. The molecule has 1 aromatic heterocycles. The second kappa shape index (κ2) is 7.21. The van der Waals surface area contributed by atoms with Gasteiger partial charge in [-0.2, -0.15) is 5.10 Å². The van der Waals surface area contributed by atoms with Crippen molar-refractivity contribution in [2.75, 3.05) is 27.2 Å². The number of hydrogen-bond donors (Lipinski definition) is 0. The van der Waals surface area contributed by atoms with Gasteiger partial charge < -0.3 is 14.7 Å². The predicted molar refractivity (Wildman–Crippen MR) is 111 cm³/mol. The van der Waals surface area contributed by atoms with Crippen LogP contribution in [0.3, 0.4) is 0 Å². The molecule has 7 heteroatoms. The molecule has 4 rings (SSSR count). The molecular formula is C22H29N5O2. The zero-order chi connectivity index (χ0) is 20.9. The number of nitrogens with zero attached hydrogens (tertiary/aromatic N) is 5. The summed E-state index contributed by atoms with van der Waals surface area (Å²) in [6.07, 6.45) is 0.802. The number of carbonyl (C=O) groups excluding carboxylic acids is 2. The molecule has 0 saturated carbocycles. The number of benzene rings is 1. The molecule has 1 aromatic carbocycles. The molecule has 0 spiro atoms. The average molecular weight is 396 g/mol. The molecule has 2 aliphatic rings. The van der Waals surface area contributed by atoms with Gasteiger partial charge in [0.05, 0.1) is 23.5 Å². The summed E-state index contributed by atoms with van der Waals surface area (Å²) in [5.41, 5.74) is 3.50. The van der Waals surface area contributed by atoms with Crippen LogP contribution in [0, 0.1) is 12.8 Å². The van der Waals surface area contributed by atoms with Gasteiger partial charge in [-0.1, -0.05) is 32.0 Å². The summed E-state index contributed by atoms with van der Waals surface area (Å²) in [4.78, 5) is 31.5. The minimum Gasteiger partial charge on any atom is -0.331 e. The maximum atomic E-state index is 13.7. The van der Waals surface area contributed by atoms with E-state index in [1.165, 1.54) is 0 Å². The van der Waals surface area contributed by atoms with Gasteiger partial charge in [-0.25, -0.2) is 9.48 Å². The molecule has 0 bridgehead atoms. The number of aromatic nitrogens is 2. The Morgan fingerprint density at radius 3 is 2.52 bits per heavy atom. The Kier molecular flexibility index (Phi) is 4.84. The van der Waals surface area contributed by atoms with E-state index in [1.807, 2.05) is 47.1 Å². The maximum Gasteiger partial charge on any atom is 0.319 e. The molecule has 29 heavy (non-hydrogen) atoms. The molecule has 2 unspecified atom stereocenters. The molecule has 2 aromatic rings. The Labute approximate surface area is 171 Å². The summed E-state index contributed by atoms with van der Waals surface area (Å²) in [6, 6.07) is 9.82. The van der Waals surface area contributed by atoms with Gasteiger partial charge in [0, 0.05) is 32.7 Å². The van der Waals surface area contributed by atoms with Crippen molar-refractivity contribution in [1.29, 1.82) is 0 Å². The lowest BCUT2D eigenvalue weighted by molar-refractivity contribution is 0.0566. The molecule has 0 N–H and O–H groups in total. The van der Waals surface area contributed by atoms with Gasteiger partial charge >= 0.3 is 6.03 Å². The third-order valence-electron chi connectivity index (χ3n) is 5.98. The van der Waals surface area contributed by atoms with Crippen LogP contribution >= 0.6 is 0 Å². The van der Waals surface area contributed by atoms with E-state index in [2.05, 4.69) is 13.8 Å². The van der Waals surface area contributed by atoms with Crippen molar-refractivity contribution >= 4 is 11.9 Å². The first kappa shape index (κ1) is 19.5. The van der Waals surface area contributed by atoms with Crippen LogP contribution in [0.4, 0.5) is 4.79 Å². The van der Waals surface area contributed by atoms with Crippen molar-refractivity contribution in [3.63, 3.8) is 0 Å². The normalized spacial score (nSPS) is 21.2. The summed E-state index contributed by atoms with van der Waals surface area (Å²) in [5.74, 6) is 0.276. The third-order valence-corrected chi connectivity index (χ3v) is 5.98. The summed E-state index contributed by atoms with van der Waals surface area (Å²) in [6.45, 7) is 7.54. The van der Waals surface area contributed by atoms with E-state index in [-0.39, 0.29) is 29.9 Å². The standard InChI is InChI=1S/C22H29N5O2/c1-14(2)19-18-15(3)23-27(16-9-7-6-8-10-16)20(18)21(28)26(19)17-11-12-25(13-17)22(29)24(4)5/h6-10,14,17,19H,11-13H2,1-5H3. The van der Waals surface area contributed by atoms with Crippen molar-refractivity contribution in [1.82, 2.24) is 24.5 Å². The first-order valence-electron chi connectivity index (χ1n) is 10.2. The number of urea groups is 1. The van der Waals surface area contributed by atoms with E-state index in [4.69, 9.17) is 5.10 Å². The number of likely N-dealkylation sites (tertiary alicyclic amines) is 1. The molecule has 0 aliphatic carbocycles. The van der Waals surface area contributed by atoms with Crippen LogP contribution in [0.15, 0.2) is 30.3 Å². The van der Waals surface area contributed by atoms with Crippen molar-refractivity contribution < 1.29 is 9.59 Å². The summed E-state index contributed by atoms with van der Waals surface area (Å²) >= 11 is 0. The lowest BCUT2D eigenvalue weighted by atomic mass is 9.95. The first-order valence-corrected chi connectivity index (χ1v) is 10.2. The number of rotatable bonds is 3. The molecule has 0 radical (unpaired) electrons. The summed E-state index contributed by atoms with van der Waals surface area (Å²) < 4.78 is 1.79. The van der Waals surface area contributed by atoms with E-state index < -0.39 is 0 Å². The first-order chi connectivity index (χ1) is 13.8. The molecular weight excluding hydrogens is 366 g/mol. The quantitative estimate of drug-likeness (QED) is 0.802. The molecule has 154 valence electrons. The molecule has 3 heterocycles. The number of aryl methyl sites for hydroxylation is 1. The second-order valence-corrected chi connectivity index (χ2v) is 8.56.